The van der Waals surface area contributed by atoms with Gasteiger partial charge in [0.1, 0.15) is 5.82 Å². The largest absolute Gasteiger partial charge is 0.361 e. The predicted octanol–water partition coefficient (Wildman–Crippen LogP) is 4.22. The fraction of sp³-hybridized carbons (Fsp3) is 0.250. The molecule has 0 spiro atoms. The molecule has 0 radical (unpaired) electrons. The van der Waals surface area contributed by atoms with Gasteiger partial charge in [-0.25, -0.2) is 4.98 Å². The average molecular weight is 359 g/mol. The van der Waals surface area contributed by atoms with E-state index in [0.717, 1.165) is 17.2 Å². The molecule has 0 aliphatic heterocycles. The van der Waals surface area contributed by atoms with Crippen molar-refractivity contribution >= 4 is 28.5 Å². The molecule has 1 aliphatic rings. The van der Waals surface area contributed by atoms with Crippen LogP contribution in [0.25, 0.3) is 10.9 Å². The number of anilines is 3. The van der Waals surface area contributed by atoms with Crippen LogP contribution in [-0.2, 0) is 6.54 Å². The molecule has 136 valence electrons. The summed E-state index contributed by atoms with van der Waals surface area (Å²) < 4.78 is 0. The molecule has 5 rings (SSSR count). The minimum Gasteiger partial charge on any atom is -0.361 e. The highest BCUT2D eigenvalue weighted by molar-refractivity contribution is 5.84. The van der Waals surface area contributed by atoms with Gasteiger partial charge in [0, 0.05) is 47.5 Å². The van der Waals surface area contributed by atoms with Gasteiger partial charge < -0.3 is 15.6 Å². The number of nitrogens with one attached hydrogen (secondary N) is 4. The SMILES string of the molecule is Cc1ccc2[nH]ccc2c1CNc1nccc(Nc2cc(C3CC3)[nH]n2)n1. The summed E-state index contributed by atoms with van der Waals surface area (Å²) in [7, 11) is 0. The van der Waals surface area contributed by atoms with Gasteiger partial charge in [-0.3, -0.25) is 5.10 Å². The van der Waals surface area contributed by atoms with E-state index < -0.39 is 0 Å². The topological polar surface area (TPSA) is 94.3 Å². The first-order valence-corrected chi connectivity index (χ1v) is 9.21. The van der Waals surface area contributed by atoms with Crippen LogP contribution in [-0.4, -0.2) is 25.1 Å². The van der Waals surface area contributed by atoms with E-state index in [4.69, 9.17) is 0 Å². The molecule has 1 aliphatic carbocycles. The summed E-state index contributed by atoms with van der Waals surface area (Å²) in [5, 5.41) is 15.2. The van der Waals surface area contributed by atoms with Crippen LogP contribution in [0.2, 0.25) is 0 Å². The summed E-state index contributed by atoms with van der Waals surface area (Å²) in [6.07, 6.45) is 6.21. The Morgan fingerprint density at radius 3 is 2.96 bits per heavy atom. The maximum atomic E-state index is 4.56. The van der Waals surface area contributed by atoms with Crippen molar-refractivity contribution in [3.63, 3.8) is 0 Å². The Hall–Kier alpha value is -3.35. The number of rotatable bonds is 6. The van der Waals surface area contributed by atoms with Crippen molar-refractivity contribution in [3.05, 3.63) is 59.5 Å². The van der Waals surface area contributed by atoms with Gasteiger partial charge in [-0.15, -0.1) is 0 Å². The van der Waals surface area contributed by atoms with Crippen LogP contribution in [0.4, 0.5) is 17.6 Å². The van der Waals surface area contributed by atoms with Crippen molar-refractivity contribution in [2.75, 3.05) is 10.6 Å². The van der Waals surface area contributed by atoms with E-state index >= 15 is 0 Å². The number of aromatic amines is 2. The van der Waals surface area contributed by atoms with Crippen LogP contribution in [0, 0.1) is 6.92 Å². The first-order chi connectivity index (χ1) is 13.3. The highest BCUT2D eigenvalue weighted by atomic mass is 15.2. The smallest absolute Gasteiger partial charge is 0.224 e. The van der Waals surface area contributed by atoms with Crippen LogP contribution in [0.15, 0.2) is 42.7 Å². The second kappa shape index (κ2) is 6.42. The highest BCUT2D eigenvalue weighted by Crippen LogP contribution is 2.39. The molecule has 0 bridgehead atoms. The normalized spacial score (nSPS) is 13.8. The zero-order valence-electron chi connectivity index (χ0n) is 15.1. The van der Waals surface area contributed by atoms with E-state index in [1.807, 2.05) is 12.3 Å². The number of hydrogen-bond donors (Lipinski definition) is 4. The number of fused-ring (bicyclic) bond motifs is 1. The molecular formula is C20H21N7. The number of benzene rings is 1. The van der Waals surface area contributed by atoms with Gasteiger partial charge in [-0.05, 0) is 49.1 Å². The molecule has 27 heavy (non-hydrogen) atoms. The zero-order valence-corrected chi connectivity index (χ0v) is 15.1. The third-order valence-electron chi connectivity index (χ3n) is 5.03. The van der Waals surface area contributed by atoms with E-state index in [-0.39, 0.29) is 0 Å². The van der Waals surface area contributed by atoms with Gasteiger partial charge in [-0.2, -0.15) is 10.1 Å². The number of hydrogen-bond acceptors (Lipinski definition) is 5. The average Bonchev–Trinajstić information content (AvgIpc) is 3.23. The molecule has 0 atom stereocenters. The summed E-state index contributed by atoms with van der Waals surface area (Å²) in [5.74, 6) is 2.74. The minimum absolute atomic E-state index is 0.588. The third kappa shape index (κ3) is 3.23. The Morgan fingerprint density at radius 2 is 2.07 bits per heavy atom. The van der Waals surface area contributed by atoms with Crippen molar-refractivity contribution in [1.82, 2.24) is 25.1 Å². The molecule has 1 fully saturated rings. The summed E-state index contributed by atoms with van der Waals surface area (Å²) in [6, 6.07) is 10.2. The van der Waals surface area contributed by atoms with Crippen molar-refractivity contribution < 1.29 is 0 Å². The second-order valence-electron chi connectivity index (χ2n) is 7.03. The predicted molar refractivity (Wildman–Crippen MR) is 106 cm³/mol. The summed E-state index contributed by atoms with van der Waals surface area (Å²) in [4.78, 5) is 12.2. The molecule has 1 saturated carbocycles. The lowest BCUT2D eigenvalue weighted by molar-refractivity contribution is 0.966. The molecule has 0 unspecified atom stereocenters. The maximum absolute atomic E-state index is 4.56. The van der Waals surface area contributed by atoms with E-state index in [1.54, 1.807) is 6.20 Å². The number of nitrogens with zero attached hydrogens (tertiary/aromatic N) is 3. The summed E-state index contributed by atoms with van der Waals surface area (Å²) >= 11 is 0. The fourth-order valence-electron chi connectivity index (χ4n) is 3.36. The molecule has 0 amide bonds. The Bertz CT molecular complexity index is 1090. The molecular weight excluding hydrogens is 338 g/mol. The molecule has 1 aromatic carbocycles. The molecule has 7 nitrogen and oxygen atoms in total. The van der Waals surface area contributed by atoms with Crippen LogP contribution in [0.3, 0.4) is 0 Å². The Kier molecular flexibility index (Phi) is 3.78. The molecule has 4 N–H and O–H groups in total. The molecule has 4 aromatic rings. The summed E-state index contributed by atoms with van der Waals surface area (Å²) in [6.45, 7) is 2.79. The van der Waals surface area contributed by atoms with Gasteiger partial charge in [0.2, 0.25) is 5.95 Å². The maximum Gasteiger partial charge on any atom is 0.224 e. The minimum atomic E-state index is 0.588. The van der Waals surface area contributed by atoms with Crippen molar-refractivity contribution in [2.24, 2.45) is 0 Å². The first-order valence-electron chi connectivity index (χ1n) is 9.21. The Labute approximate surface area is 156 Å². The fourth-order valence-corrected chi connectivity index (χ4v) is 3.36. The van der Waals surface area contributed by atoms with Crippen LogP contribution < -0.4 is 10.6 Å². The standard InChI is InChI=1S/C20H21N7/c1-12-2-5-16-14(6-8-21-16)15(12)11-23-20-22-9-7-18(25-20)24-19-10-17(26-27-19)13-3-4-13/h2,5-10,13,21H,3-4,11H2,1H3,(H3,22,23,24,25,26,27). The van der Waals surface area contributed by atoms with Crippen molar-refractivity contribution in [3.8, 4) is 0 Å². The highest BCUT2D eigenvalue weighted by Gasteiger charge is 2.25. The Morgan fingerprint density at radius 1 is 1.15 bits per heavy atom. The lowest BCUT2D eigenvalue weighted by Gasteiger charge is -2.10. The lowest BCUT2D eigenvalue weighted by Crippen LogP contribution is -2.06. The second-order valence-corrected chi connectivity index (χ2v) is 7.03. The number of H-pyrrole nitrogens is 2. The number of aryl methyl sites for hydroxylation is 1. The van der Waals surface area contributed by atoms with Gasteiger partial charge in [0.05, 0.1) is 0 Å². The van der Waals surface area contributed by atoms with E-state index in [1.165, 1.54) is 35.0 Å². The number of aromatic nitrogens is 5. The monoisotopic (exact) mass is 359 g/mol. The molecule has 7 heteroatoms. The molecule has 3 heterocycles. The quantitative estimate of drug-likeness (QED) is 0.413. The van der Waals surface area contributed by atoms with Crippen molar-refractivity contribution in [2.45, 2.75) is 32.2 Å². The molecule has 0 saturated heterocycles. The van der Waals surface area contributed by atoms with E-state index in [2.05, 4.69) is 67.0 Å². The van der Waals surface area contributed by atoms with Gasteiger partial charge in [0.25, 0.3) is 0 Å². The lowest BCUT2D eigenvalue weighted by atomic mass is 10.0. The first kappa shape index (κ1) is 15.9. The van der Waals surface area contributed by atoms with Gasteiger partial charge in [-0.1, -0.05) is 6.07 Å². The van der Waals surface area contributed by atoms with Crippen LogP contribution >= 0.6 is 0 Å². The van der Waals surface area contributed by atoms with E-state index in [9.17, 15) is 0 Å². The van der Waals surface area contributed by atoms with Crippen LogP contribution in [0.1, 0.15) is 35.6 Å². The van der Waals surface area contributed by atoms with E-state index in [0.29, 0.717) is 18.4 Å². The van der Waals surface area contributed by atoms with Gasteiger partial charge in [0.15, 0.2) is 5.82 Å². The molecule has 3 aromatic heterocycles. The van der Waals surface area contributed by atoms with Gasteiger partial charge >= 0.3 is 0 Å². The van der Waals surface area contributed by atoms with Crippen LogP contribution in [0.5, 0.6) is 0 Å². The third-order valence-corrected chi connectivity index (χ3v) is 5.03. The Balaban J connectivity index is 1.31. The zero-order chi connectivity index (χ0) is 18.2. The summed E-state index contributed by atoms with van der Waals surface area (Å²) in [5.41, 5.74) is 4.82. The van der Waals surface area contributed by atoms with Crippen molar-refractivity contribution in [1.29, 1.82) is 0 Å².